The van der Waals surface area contributed by atoms with Crippen LogP contribution in [-0.2, 0) is 4.74 Å². The Hall–Kier alpha value is 1.52. The van der Waals surface area contributed by atoms with Crippen molar-refractivity contribution >= 4 is 58.8 Å². The number of aliphatic hydroxyl groups is 1. The lowest BCUT2D eigenvalue weighted by Crippen LogP contribution is -2.08. The quantitative estimate of drug-likeness (QED) is 0.481. The fourth-order valence-corrected chi connectivity index (χ4v) is 0.706. The van der Waals surface area contributed by atoms with Gasteiger partial charge < -0.3 is 9.84 Å². The number of aliphatic hydroxyl groups excluding tert-OH is 1. The second-order valence-corrected chi connectivity index (χ2v) is 3.00. The van der Waals surface area contributed by atoms with E-state index in [1.165, 1.54) is 0 Å². The monoisotopic (exact) mass is 348 g/mol. The van der Waals surface area contributed by atoms with E-state index >= 15 is 0 Å². The minimum absolute atomic E-state index is 0. The van der Waals surface area contributed by atoms with Gasteiger partial charge in [0, 0.05) is 11.8 Å². The van der Waals surface area contributed by atoms with E-state index < -0.39 is 6.10 Å². The molecule has 12 heavy (non-hydrogen) atoms. The van der Waals surface area contributed by atoms with Crippen molar-refractivity contribution in [1.29, 1.82) is 0 Å². The Morgan fingerprint density at radius 1 is 1.33 bits per heavy atom. The van der Waals surface area contributed by atoms with Gasteiger partial charge in [0.1, 0.15) is 0 Å². The molecule has 0 aliphatic carbocycles. The number of halogens is 4. The van der Waals surface area contributed by atoms with Crippen molar-refractivity contribution in [2.45, 2.75) is 12.2 Å². The molecule has 1 aliphatic rings. The minimum atomic E-state index is -0.534. The lowest BCUT2D eigenvalue weighted by Gasteiger charge is -1.94. The molecule has 2 nitrogen and oxygen atoms in total. The molecule has 0 saturated carbocycles. The van der Waals surface area contributed by atoms with Gasteiger partial charge in [-0.05, 0) is 0 Å². The first-order valence-electron chi connectivity index (χ1n) is 3.22. The topological polar surface area (TPSA) is 32.8 Å². The maximum atomic E-state index is 8.40. The van der Waals surface area contributed by atoms with Crippen LogP contribution >= 0.6 is 58.8 Å². The fourth-order valence-electron chi connectivity index (χ4n) is 0.198. The molecule has 1 saturated heterocycles. The highest BCUT2D eigenvalue weighted by molar-refractivity contribution is 14.0. The zero-order valence-electron chi connectivity index (χ0n) is 6.38. The molecule has 1 unspecified atom stereocenters. The number of ether oxygens (including phenoxy) is 1. The van der Waals surface area contributed by atoms with Gasteiger partial charge in [0.15, 0.2) is 0 Å². The first-order valence-corrected chi connectivity index (χ1v) is 4.82. The predicted octanol–water partition coefficient (Wildman–Crippen LogP) is 2.07. The highest BCUT2D eigenvalue weighted by atomic mass is 127. The Balaban J connectivity index is 0. The molecule has 76 valence electrons. The molecule has 0 spiro atoms. The van der Waals surface area contributed by atoms with Crippen LogP contribution in [0.5, 0.6) is 0 Å². The summed E-state index contributed by atoms with van der Waals surface area (Å²) in [5, 5.41) is 8.40. The van der Waals surface area contributed by atoms with Gasteiger partial charge in [-0.2, -0.15) is 0 Å². The molecule has 1 N–H and O–H groups in total. The average molecular weight is 349 g/mol. The fraction of sp³-hybridized carbons (Fsp3) is 1.00. The molecule has 1 atom stereocenters. The maximum Gasteiger partial charge on any atom is 0.0944 e. The maximum absolute atomic E-state index is 8.40. The normalized spacial score (nSPS) is 19.2. The number of alkyl halides is 3. The van der Waals surface area contributed by atoms with E-state index in [4.69, 9.17) is 44.6 Å². The summed E-state index contributed by atoms with van der Waals surface area (Å²) in [5.74, 6) is 1.12. The Bertz CT molecular complexity index is 88.9. The van der Waals surface area contributed by atoms with Gasteiger partial charge in [-0.1, -0.05) is 0 Å². The standard InChI is InChI=1S/C3H6Cl2O.C3H5ClO.HI/c4-1-3(6)2-5;4-1-3-2-5-3;/h3,6H,1-2H2;3H,1-2H2;1H. The molecule has 1 heterocycles. The summed E-state index contributed by atoms with van der Waals surface area (Å²) in [6.07, 6.45) is -0.134. The van der Waals surface area contributed by atoms with Crippen LogP contribution in [0.25, 0.3) is 0 Å². The lowest BCUT2D eigenvalue weighted by molar-refractivity contribution is 0.222. The van der Waals surface area contributed by atoms with Crippen LogP contribution in [-0.4, -0.2) is 41.6 Å². The van der Waals surface area contributed by atoms with Crippen molar-refractivity contribution in [1.82, 2.24) is 0 Å². The van der Waals surface area contributed by atoms with E-state index in [9.17, 15) is 0 Å². The third kappa shape index (κ3) is 11.5. The molecule has 1 aliphatic heterocycles. The molecular weight excluding hydrogens is 337 g/mol. The number of hydrogen-bond acceptors (Lipinski definition) is 2. The first-order chi connectivity index (χ1) is 5.24. The van der Waals surface area contributed by atoms with Crippen LogP contribution in [0.4, 0.5) is 0 Å². The van der Waals surface area contributed by atoms with E-state index in [0.717, 1.165) is 6.61 Å². The lowest BCUT2D eigenvalue weighted by atomic mass is 10.5. The molecular formula is C6H12Cl3IO2. The smallest absolute Gasteiger partial charge is 0.0944 e. The average Bonchev–Trinajstić information content (AvgIpc) is 2.86. The van der Waals surface area contributed by atoms with Crippen LogP contribution in [0, 0.1) is 0 Å². The highest BCUT2D eigenvalue weighted by Crippen LogP contribution is 2.08. The summed E-state index contributed by atoms with van der Waals surface area (Å²) in [5.41, 5.74) is 0. The Morgan fingerprint density at radius 2 is 1.75 bits per heavy atom. The Kier molecular flexibility index (Phi) is 14.1. The summed E-state index contributed by atoms with van der Waals surface area (Å²) >= 11 is 15.5. The Labute approximate surface area is 105 Å². The minimum Gasteiger partial charge on any atom is -0.391 e. The molecule has 1 rings (SSSR count). The van der Waals surface area contributed by atoms with Gasteiger partial charge in [-0.15, -0.1) is 58.8 Å². The molecule has 0 aromatic heterocycles. The second-order valence-electron chi connectivity index (χ2n) is 2.07. The van der Waals surface area contributed by atoms with Crippen LogP contribution < -0.4 is 0 Å². The van der Waals surface area contributed by atoms with Crippen LogP contribution in [0.2, 0.25) is 0 Å². The third-order valence-corrected chi connectivity index (χ3v) is 1.99. The van der Waals surface area contributed by atoms with Gasteiger partial charge in [0.25, 0.3) is 0 Å². The first kappa shape index (κ1) is 16.0. The molecule has 1 fully saturated rings. The molecule has 6 heteroatoms. The van der Waals surface area contributed by atoms with Gasteiger partial charge in [-0.3, -0.25) is 0 Å². The van der Waals surface area contributed by atoms with Gasteiger partial charge in [0.2, 0.25) is 0 Å². The van der Waals surface area contributed by atoms with E-state index in [1.54, 1.807) is 0 Å². The number of rotatable bonds is 3. The van der Waals surface area contributed by atoms with Crippen molar-refractivity contribution in [2.24, 2.45) is 0 Å². The SMILES string of the molecule is ClCC1CO1.I.OC(CCl)CCl. The molecule has 0 amide bonds. The van der Waals surface area contributed by atoms with Gasteiger partial charge in [0.05, 0.1) is 24.7 Å². The van der Waals surface area contributed by atoms with Gasteiger partial charge >= 0.3 is 0 Å². The third-order valence-electron chi connectivity index (χ3n) is 0.931. The largest absolute Gasteiger partial charge is 0.391 e. The van der Waals surface area contributed by atoms with Crippen molar-refractivity contribution in [3.63, 3.8) is 0 Å². The molecule has 0 radical (unpaired) electrons. The van der Waals surface area contributed by atoms with Crippen LogP contribution in [0.3, 0.4) is 0 Å². The summed E-state index contributed by atoms with van der Waals surface area (Å²) in [4.78, 5) is 0. The van der Waals surface area contributed by atoms with E-state index in [2.05, 4.69) is 0 Å². The summed E-state index contributed by atoms with van der Waals surface area (Å²) in [6.45, 7) is 0.878. The summed E-state index contributed by atoms with van der Waals surface area (Å²) in [7, 11) is 0. The van der Waals surface area contributed by atoms with Gasteiger partial charge in [-0.25, -0.2) is 0 Å². The van der Waals surface area contributed by atoms with Crippen molar-refractivity contribution < 1.29 is 9.84 Å². The van der Waals surface area contributed by atoms with Crippen molar-refractivity contribution in [2.75, 3.05) is 24.2 Å². The predicted molar refractivity (Wildman–Crippen MR) is 63.3 cm³/mol. The molecule has 0 bridgehead atoms. The summed E-state index contributed by atoms with van der Waals surface area (Å²) in [6, 6.07) is 0. The second kappa shape index (κ2) is 10.6. The number of epoxide rings is 1. The van der Waals surface area contributed by atoms with E-state index in [-0.39, 0.29) is 35.7 Å². The zero-order valence-corrected chi connectivity index (χ0v) is 11.0. The highest BCUT2D eigenvalue weighted by Gasteiger charge is 2.19. The van der Waals surface area contributed by atoms with E-state index in [0.29, 0.717) is 12.0 Å². The molecule has 0 aromatic rings. The van der Waals surface area contributed by atoms with E-state index in [1.807, 2.05) is 0 Å². The van der Waals surface area contributed by atoms with Crippen LogP contribution in [0.1, 0.15) is 0 Å². The summed E-state index contributed by atoms with van der Waals surface area (Å²) < 4.78 is 4.73. The van der Waals surface area contributed by atoms with Crippen LogP contribution in [0.15, 0.2) is 0 Å². The Morgan fingerprint density at radius 3 is 1.75 bits per heavy atom. The molecule has 0 aromatic carbocycles. The van der Waals surface area contributed by atoms with Crippen molar-refractivity contribution in [3.05, 3.63) is 0 Å². The zero-order chi connectivity index (χ0) is 8.69. The van der Waals surface area contributed by atoms with Crippen molar-refractivity contribution in [3.8, 4) is 0 Å². The number of hydrogen-bond donors (Lipinski definition) is 1.